The van der Waals surface area contributed by atoms with Gasteiger partial charge in [0.2, 0.25) is 0 Å². The van der Waals surface area contributed by atoms with Gasteiger partial charge in [0.1, 0.15) is 17.3 Å². The Bertz CT molecular complexity index is 1970. The van der Waals surface area contributed by atoms with Crippen LogP contribution in [0, 0.1) is 13.8 Å². The van der Waals surface area contributed by atoms with Crippen molar-refractivity contribution in [3.8, 4) is 34.1 Å². The number of rotatable bonds is 5. The summed E-state index contributed by atoms with van der Waals surface area (Å²) in [6, 6.07) is 39.4. The van der Waals surface area contributed by atoms with Crippen LogP contribution in [0.5, 0.6) is 11.5 Å². The third-order valence-electron chi connectivity index (χ3n) is 7.03. The smallest absolute Gasteiger partial charge is 0.138 e. The van der Waals surface area contributed by atoms with Gasteiger partial charge in [-0.3, -0.25) is 4.57 Å². The predicted molar refractivity (Wildman–Crippen MR) is 157 cm³/mol. The summed E-state index contributed by atoms with van der Waals surface area (Å²) in [6.07, 6.45) is 1.88. The molecule has 5 heteroatoms. The predicted octanol–water partition coefficient (Wildman–Crippen LogP) is 8.44. The molecule has 0 aliphatic carbocycles. The highest BCUT2D eigenvalue weighted by Crippen LogP contribution is 2.35. The lowest BCUT2D eigenvalue weighted by atomic mass is 10.1. The number of hydrogen-bond acceptors (Lipinski definition) is 3. The van der Waals surface area contributed by atoms with Crippen LogP contribution in [0.25, 0.3) is 44.4 Å². The minimum absolute atomic E-state index is 0.756. The first-order valence-electron chi connectivity index (χ1n) is 13.0. The fourth-order valence-corrected chi connectivity index (χ4v) is 5.32. The molecule has 5 nitrogen and oxygen atoms in total. The van der Waals surface area contributed by atoms with Crippen molar-refractivity contribution >= 4 is 21.8 Å². The molecule has 0 unspecified atom stereocenters. The number of nitrogens with zero attached hydrogens (tertiary/aromatic N) is 4. The van der Waals surface area contributed by atoms with Gasteiger partial charge < -0.3 is 4.74 Å². The second-order valence-electron chi connectivity index (χ2n) is 9.74. The van der Waals surface area contributed by atoms with Crippen molar-refractivity contribution in [2.75, 3.05) is 0 Å². The molecule has 0 fully saturated rings. The largest absolute Gasteiger partial charge is 0.457 e. The maximum Gasteiger partial charge on any atom is 0.138 e. The molecule has 0 saturated heterocycles. The van der Waals surface area contributed by atoms with E-state index in [1.807, 2.05) is 54.2 Å². The van der Waals surface area contributed by atoms with E-state index in [1.165, 1.54) is 5.39 Å². The van der Waals surface area contributed by atoms with Crippen LogP contribution in [0.4, 0.5) is 0 Å². The van der Waals surface area contributed by atoms with Gasteiger partial charge in [-0.2, -0.15) is 5.10 Å². The Labute approximate surface area is 226 Å². The number of ether oxygens (including phenoxy) is 1. The van der Waals surface area contributed by atoms with Crippen LogP contribution < -0.4 is 4.74 Å². The Morgan fingerprint density at radius 2 is 1.41 bits per heavy atom. The Morgan fingerprint density at radius 3 is 2.26 bits per heavy atom. The summed E-state index contributed by atoms with van der Waals surface area (Å²) in [6.45, 7) is 4.06. The molecule has 7 rings (SSSR count). The van der Waals surface area contributed by atoms with Crippen LogP contribution in [-0.4, -0.2) is 19.3 Å². The van der Waals surface area contributed by atoms with Gasteiger partial charge in [-0.25, -0.2) is 9.67 Å². The van der Waals surface area contributed by atoms with Crippen LogP contribution >= 0.6 is 0 Å². The zero-order chi connectivity index (χ0) is 26.3. The Morgan fingerprint density at radius 1 is 0.615 bits per heavy atom. The topological polar surface area (TPSA) is 44.9 Å². The molecule has 0 atom stereocenters. The zero-order valence-corrected chi connectivity index (χ0v) is 21.7. The molecule has 0 amide bonds. The minimum atomic E-state index is 0.756. The number of aryl methyl sites for hydroxylation is 2. The van der Waals surface area contributed by atoms with Crippen molar-refractivity contribution in [1.82, 2.24) is 19.3 Å². The maximum absolute atomic E-state index is 6.40. The highest BCUT2D eigenvalue weighted by atomic mass is 16.5. The first kappa shape index (κ1) is 23.0. The van der Waals surface area contributed by atoms with E-state index >= 15 is 0 Å². The summed E-state index contributed by atoms with van der Waals surface area (Å²) in [4.78, 5) is 4.79. The SMILES string of the molecule is Cc1cc(C)n(-c2cccc(Oc3ccc4c5ccccc5n(-c5cc(-c6ccccc6)ccn5)c4c3)c2)n1. The van der Waals surface area contributed by atoms with Gasteiger partial charge in [0.15, 0.2) is 0 Å². The van der Waals surface area contributed by atoms with E-state index in [-0.39, 0.29) is 0 Å². The van der Waals surface area contributed by atoms with Crippen molar-refractivity contribution < 1.29 is 4.74 Å². The first-order chi connectivity index (χ1) is 19.1. The van der Waals surface area contributed by atoms with Gasteiger partial charge in [0.25, 0.3) is 0 Å². The van der Waals surface area contributed by atoms with E-state index in [1.54, 1.807) is 0 Å². The standard InChI is InChI=1S/C34H26N4O/c1-23-19-24(2)38(36-23)27-11-8-12-28(21-27)39-29-15-16-31-30-13-6-7-14-32(30)37(33(31)22-29)34-20-26(17-18-35-34)25-9-4-3-5-10-25/h3-22H,1-2H3. The van der Waals surface area contributed by atoms with Crippen LogP contribution in [0.2, 0.25) is 0 Å². The fraction of sp³-hybridized carbons (Fsp3) is 0.0588. The van der Waals surface area contributed by atoms with E-state index in [9.17, 15) is 0 Å². The monoisotopic (exact) mass is 506 g/mol. The van der Waals surface area contributed by atoms with E-state index in [0.717, 1.165) is 61.9 Å². The molecule has 0 saturated carbocycles. The van der Waals surface area contributed by atoms with Crippen molar-refractivity contribution in [3.63, 3.8) is 0 Å². The number of pyridine rings is 1. The summed E-state index contributed by atoms with van der Waals surface area (Å²) in [7, 11) is 0. The summed E-state index contributed by atoms with van der Waals surface area (Å²) in [5, 5.41) is 6.95. The Hall–Kier alpha value is -5.16. The third-order valence-corrected chi connectivity index (χ3v) is 7.03. The second-order valence-corrected chi connectivity index (χ2v) is 9.74. The van der Waals surface area contributed by atoms with Gasteiger partial charge in [0.05, 0.1) is 22.4 Å². The molecule has 3 aromatic heterocycles. The molecule has 7 aromatic rings. The summed E-state index contributed by atoms with van der Waals surface area (Å²) < 4.78 is 10.6. The van der Waals surface area contributed by atoms with Crippen molar-refractivity contribution in [2.45, 2.75) is 13.8 Å². The van der Waals surface area contributed by atoms with Crippen molar-refractivity contribution in [3.05, 3.63) is 133 Å². The lowest BCUT2D eigenvalue weighted by Crippen LogP contribution is -1.99. The zero-order valence-electron chi connectivity index (χ0n) is 21.7. The van der Waals surface area contributed by atoms with Crippen molar-refractivity contribution in [1.29, 1.82) is 0 Å². The quantitative estimate of drug-likeness (QED) is 0.235. The molecule has 188 valence electrons. The van der Waals surface area contributed by atoms with Gasteiger partial charge in [-0.15, -0.1) is 0 Å². The molecule has 0 radical (unpaired) electrons. The molecule has 39 heavy (non-hydrogen) atoms. The Balaban J connectivity index is 1.34. The molecular formula is C34H26N4O. The highest BCUT2D eigenvalue weighted by molar-refractivity contribution is 6.09. The first-order valence-corrected chi connectivity index (χ1v) is 13.0. The van der Waals surface area contributed by atoms with Crippen LogP contribution in [-0.2, 0) is 0 Å². The molecule has 4 aromatic carbocycles. The third kappa shape index (κ3) is 4.14. The van der Waals surface area contributed by atoms with Crippen molar-refractivity contribution in [2.24, 2.45) is 0 Å². The summed E-state index contributed by atoms with van der Waals surface area (Å²) in [5.41, 5.74) is 7.47. The lowest BCUT2D eigenvalue weighted by molar-refractivity contribution is 0.483. The molecule has 0 aliphatic rings. The molecular weight excluding hydrogens is 480 g/mol. The number of fused-ring (bicyclic) bond motifs is 3. The molecule has 0 spiro atoms. The second kappa shape index (κ2) is 9.30. The van der Waals surface area contributed by atoms with Crippen LogP contribution in [0.15, 0.2) is 121 Å². The van der Waals surface area contributed by atoms with E-state index in [0.29, 0.717) is 0 Å². The normalized spacial score (nSPS) is 11.3. The van der Waals surface area contributed by atoms with E-state index < -0.39 is 0 Å². The highest BCUT2D eigenvalue weighted by Gasteiger charge is 2.15. The average molecular weight is 507 g/mol. The Kier molecular flexibility index (Phi) is 5.48. The van der Waals surface area contributed by atoms with Gasteiger partial charge in [-0.1, -0.05) is 54.6 Å². The molecule has 0 N–H and O–H groups in total. The van der Waals surface area contributed by atoms with E-state index in [2.05, 4.69) is 95.5 Å². The molecule has 0 aliphatic heterocycles. The summed E-state index contributed by atoms with van der Waals surface area (Å²) >= 11 is 0. The number of hydrogen-bond donors (Lipinski definition) is 0. The molecule has 0 bridgehead atoms. The lowest BCUT2D eigenvalue weighted by Gasteiger charge is -2.11. The van der Waals surface area contributed by atoms with Gasteiger partial charge in [-0.05, 0) is 73.5 Å². The minimum Gasteiger partial charge on any atom is -0.457 e. The van der Waals surface area contributed by atoms with Crippen LogP contribution in [0.3, 0.4) is 0 Å². The number of aromatic nitrogens is 4. The maximum atomic E-state index is 6.40. The van der Waals surface area contributed by atoms with Gasteiger partial charge in [0, 0.05) is 34.8 Å². The number of para-hydroxylation sites is 1. The molecule has 3 heterocycles. The number of benzene rings is 4. The summed E-state index contributed by atoms with van der Waals surface area (Å²) in [5.74, 6) is 2.38. The van der Waals surface area contributed by atoms with Gasteiger partial charge >= 0.3 is 0 Å². The van der Waals surface area contributed by atoms with Crippen LogP contribution in [0.1, 0.15) is 11.4 Å². The fourth-order valence-electron chi connectivity index (χ4n) is 5.32. The van der Waals surface area contributed by atoms with E-state index in [4.69, 9.17) is 9.72 Å². The average Bonchev–Trinajstić information content (AvgIpc) is 3.49.